The highest BCUT2D eigenvalue weighted by atomic mass is 35.5. The molecule has 9 nitrogen and oxygen atoms in total. The minimum absolute atomic E-state index is 0.0604. The molecule has 1 heterocycles. The Bertz CT molecular complexity index is 1360. The van der Waals surface area contributed by atoms with Crippen LogP contribution in [-0.4, -0.2) is 30.0 Å². The number of nitrogens with zero attached hydrogens (tertiary/aromatic N) is 1. The van der Waals surface area contributed by atoms with Gasteiger partial charge in [-0.3, -0.25) is 19.2 Å². The number of fused-ring (bicyclic) bond motifs is 1. The van der Waals surface area contributed by atoms with Crippen molar-refractivity contribution in [2.24, 2.45) is 5.10 Å². The third-order valence-electron chi connectivity index (χ3n) is 5.70. The first-order chi connectivity index (χ1) is 16.9. The first-order valence-corrected chi connectivity index (χ1v) is 11.6. The summed E-state index contributed by atoms with van der Waals surface area (Å²) in [7, 11) is 0. The molecule has 3 amide bonds. The lowest BCUT2D eigenvalue weighted by atomic mass is 9.95. The molecule has 1 aromatic heterocycles. The molecule has 0 bridgehead atoms. The van der Waals surface area contributed by atoms with E-state index in [1.165, 1.54) is 18.4 Å². The zero-order chi connectivity index (χ0) is 24.8. The number of amides is 3. The first kappa shape index (κ1) is 24.2. The highest BCUT2D eigenvalue weighted by Gasteiger charge is 2.21. The van der Waals surface area contributed by atoms with E-state index in [2.05, 4.69) is 21.2 Å². The lowest BCUT2D eigenvalue weighted by Gasteiger charge is -2.23. The van der Waals surface area contributed by atoms with Crippen molar-refractivity contribution in [3.05, 3.63) is 75.1 Å². The molecule has 0 unspecified atom stereocenters. The van der Waals surface area contributed by atoms with E-state index in [1.807, 2.05) is 0 Å². The van der Waals surface area contributed by atoms with Crippen molar-refractivity contribution in [1.29, 1.82) is 0 Å². The van der Waals surface area contributed by atoms with Crippen molar-refractivity contribution >= 4 is 52.2 Å². The van der Waals surface area contributed by atoms with Crippen molar-refractivity contribution in [2.75, 3.05) is 5.32 Å². The van der Waals surface area contributed by atoms with Gasteiger partial charge < -0.3 is 15.1 Å². The van der Waals surface area contributed by atoms with Crippen LogP contribution in [-0.2, 0) is 9.59 Å². The zero-order valence-corrected chi connectivity index (χ0v) is 19.4. The van der Waals surface area contributed by atoms with Gasteiger partial charge in [-0.15, -0.1) is 0 Å². The lowest BCUT2D eigenvalue weighted by Crippen LogP contribution is -2.37. The van der Waals surface area contributed by atoms with E-state index >= 15 is 0 Å². The fourth-order valence-electron chi connectivity index (χ4n) is 3.90. The molecule has 0 radical (unpaired) electrons. The van der Waals surface area contributed by atoms with E-state index in [1.54, 1.807) is 30.3 Å². The average molecular weight is 495 g/mol. The maximum absolute atomic E-state index is 12.7. The molecule has 1 saturated carbocycles. The Hall–Kier alpha value is -3.98. The molecule has 10 heteroatoms. The third-order valence-corrected chi connectivity index (χ3v) is 5.93. The number of hydrogen-bond acceptors (Lipinski definition) is 6. The minimum Gasteiger partial charge on any atom is -0.463 e. The number of para-hydroxylation sites is 1. The Kier molecular flexibility index (Phi) is 7.57. The molecule has 2 aromatic carbocycles. The highest BCUT2D eigenvalue weighted by molar-refractivity contribution is 6.40. The number of halogens is 1. The first-order valence-electron chi connectivity index (χ1n) is 11.2. The summed E-state index contributed by atoms with van der Waals surface area (Å²) < 4.78 is 5.37. The summed E-state index contributed by atoms with van der Waals surface area (Å²) in [4.78, 5) is 49.9. The number of carbonyl (C=O) groups is 3. The summed E-state index contributed by atoms with van der Waals surface area (Å²) in [6.45, 7) is 0. The molecule has 1 aliphatic carbocycles. The third kappa shape index (κ3) is 5.93. The van der Waals surface area contributed by atoms with Crippen LogP contribution in [0.2, 0.25) is 5.02 Å². The molecule has 35 heavy (non-hydrogen) atoms. The van der Waals surface area contributed by atoms with Gasteiger partial charge in [-0.05, 0) is 43.2 Å². The molecule has 0 atom stereocenters. The van der Waals surface area contributed by atoms with Gasteiger partial charge >= 0.3 is 11.8 Å². The largest absolute Gasteiger partial charge is 0.463 e. The summed E-state index contributed by atoms with van der Waals surface area (Å²) in [6, 6.07) is 11.2. The maximum Gasteiger partial charge on any atom is 0.329 e. The molecule has 180 valence electrons. The summed E-state index contributed by atoms with van der Waals surface area (Å²) in [5, 5.41) is 9.73. The fourth-order valence-corrected chi connectivity index (χ4v) is 4.07. The number of carbonyl (C=O) groups excluding carboxylic acids is 3. The van der Waals surface area contributed by atoms with Crippen LogP contribution in [0.1, 0.15) is 48.0 Å². The Morgan fingerprint density at radius 1 is 1.03 bits per heavy atom. The maximum atomic E-state index is 12.7. The van der Waals surface area contributed by atoms with Gasteiger partial charge in [-0.25, -0.2) is 5.43 Å². The van der Waals surface area contributed by atoms with Crippen molar-refractivity contribution in [2.45, 2.75) is 38.1 Å². The highest BCUT2D eigenvalue weighted by Crippen LogP contribution is 2.20. The van der Waals surface area contributed by atoms with Gasteiger partial charge in [0.25, 0.3) is 5.91 Å². The molecule has 4 rings (SSSR count). The number of hydrogen-bond donors (Lipinski definition) is 3. The number of nitrogens with one attached hydrogen (secondary N) is 3. The predicted molar refractivity (Wildman–Crippen MR) is 133 cm³/mol. The normalized spacial score (nSPS) is 14.1. The molecular formula is C25H23ClN4O5. The van der Waals surface area contributed by atoms with E-state index in [9.17, 15) is 19.2 Å². The summed E-state index contributed by atoms with van der Waals surface area (Å²) in [5.74, 6) is -2.40. The van der Waals surface area contributed by atoms with Crippen LogP contribution in [0.25, 0.3) is 11.0 Å². The van der Waals surface area contributed by atoms with Crippen LogP contribution in [0.4, 0.5) is 5.69 Å². The van der Waals surface area contributed by atoms with Crippen LogP contribution in [0.15, 0.2) is 63.0 Å². The van der Waals surface area contributed by atoms with Crippen LogP contribution < -0.4 is 21.5 Å². The van der Waals surface area contributed by atoms with E-state index < -0.39 is 17.2 Å². The number of benzene rings is 2. The zero-order valence-electron chi connectivity index (χ0n) is 18.7. The molecular weight excluding hydrogens is 472 g/mol. The van der Waals surface area contributed by atoms with Gasteiger partial charge in [0.2, 0.25) is 5.43 Å². The van der Waals surface area contributed by atoms with Crippen LogP contribution in [0.3, 0.4) is 0 Å². The number of rotatable bonds is 5. The number of hydrazone groups is 1. The Morgan fingerprint density at radius 3 is 2.60 bits per heavy atom. The number of anilines is 1. The van der Waals surface area contributed by atoms with Gasteiger partial charge in [-0.2, -0.15) is 5.10 Å². The summed E-state index contributed by atoms with van der Waals surface area (Å²) in [6.07, 6.45) is 7.40. The summed E-state index contributed by atoms with van der Waals surface area (Å²) in [5.41, 5.74) is 2.55. The van der Waals surface area contributed by atoms with Crippen LogP contribution >= 0.6 is 11.6 Å². The molecule has 3 aromatic rings. The second-order valence-corrected chi connectivity index (χ2v) is 8.60. The quantitative estimate of drug-likeness (QED) is 0.283. The Labute approximate surface area is 205 Å². The average Bonchev–Trinajstić information content (AvgIpc) is 2.86. The van der Waals surface area contributed by atoms with Crippen LogP contribution in [0.5, 0.6) is 0 Å². The second kappa shape index (κ2) is 11.0. The Morgan fingerprint density at radius 2 is 1.80 bits per heavy atom. The molecule has 1 aliphatic rings. The van der Waals surface area contributed by atoms with Gasteiger partial charge in [0.1, 0.15) is 11.8 Å². The van der Waals surface area contributed by atoms with E-state index in [0.717, 1.165) is 38.3 Å². The van der Waals surface area contributed by atoms with E-state index in [4.69, 9.17) is 16.0 Å². The predicted octanol–water partition coefficient (Wildman–Crippen LogP) is 3.60. The van der Waals surface area contributed by atoms with Crippen molar-refractivity contribution < 1.29 is 18.8 Å². The topological polar surface area (TPSA) is 130 Å². The van der Waals surface area contributed by atoms with E-state index in [0.29, 0.717) is 10.6 Å². The van der Waals surface area contributed by atoms with Gasteiger partial charge in [-0.1, -0.05) is 43.0 Å². The second-order valence-electron chi connectivity index (χ2n) is 8.17. The van der Waals surface area contributed by atoms with E-state index in [-0.39, 0.29) is 34.1 Å². The molecule has 1 fully saturated rings. The van der Waals surface area contributed by atoms with Gasteiger partial charge in [0.05, 0.1) is 28.4 Å². The van der Waals surface area contributed by atoms with Crippen molar-refractivity contribution in [3.8, 4) is 0 Å². The molecule has 0 spiro atoms. The summed E-state index contributed by atoms with van der Waals surface area (Å²) >= 11 is 5.93. The lowest BCUT2D eigenvalue weighted by molar-refractivity contribution is -0.136. The fraction of sp³-hybridized carbons (Fsp3) is 0.240. The standard InChI is InChI=1S/C25H23ClN4O5/c26-16-10-11-21-19(12-16)22(31)15(14-35-21)13-27-30-25(34)24(33)29-20-9-5-4-8-18(20)23(32)28-17-6-2-1-3-7-17/h4-5,8-14,17H,1-3,6-7H2,(H,28,32)(H,29,33)(H,30,34). The smallest absolute Gasteiger partial charge is 0.329 e. The molecule has 0 aliphatic heterocycles. The Balaban J connectivity index is 1.39. The van der Waals surface area contributed by atoms with Crippen LogP contribution in [0, 0.1) is 0 Å². The van der Waals surface area contributed by atoms with Gasteiger partial charge in [0, 0.05) is 11.1 Å². The van der Waals surface area contributed by atoms with Crippen molar-refractivity contribution in [3.63, 3.8) is 0 Å². The SMILES string of the molecule is O=C(NN=Cc1coc2ccc(Cl)cc2c1=O)C(=O)Nc1ccccc1C(=O)NC1CCCCC1. The monoisotopic (exact) mass is 494 g/mol. The van der Waals surface area contributed by atoms with Crippen molar-refractivity contribution in [1.82, 2.24) is 10.7 Å². The molecule has 0 saturated heterocycles. The minimum atomic E-state index is -1.07. The van der Waals surface area contributed by atoms with Gasteiger partial charge in [0.15, 0.2) is 0 Å². The molecule has 3 N–H and O–H groups in total.